The number of benzene rings is 2. The van der Waals surface area contributed by atoms with Gasteiger partial charge >= 0.3 is 0 Å². The Labute approximate surface area is 200 Å². The predicted octanol–water partition coefficient (Wildman–Crippen LogP) is 3.91. The van der Waals surface area contributed by atoms with Crippen molar-refractivity contribution in [3.63, 3.8) is 0 Å². The summed E-state index contributed by atoms with van der Waals surface area (Å²) in [6, 6.07) is 14.8. The number of oxime groups is 3. The second-order valence-electron chi connectivity index (χ2n) is 7.16. The van der Waals surface area contributed by atoms with Crippen molar-refractivity contribution in [1.82, 2.24) is 5.32 Å². The summed E-state index contributed by atoms with van der Waals surface area (Å²) in [7, 11) is 4.39. The maximum absolute atomic E-state index is 12.2. The van der Waals surface area contributed by atoms with E-state index in [9.17, 15) is 4.79 Å². The molecule has 0 aliphatic carbocycles. The SMILES string of the molecule is CCCCOc1ccc(C(=NOC)C(C)=NOCc2ccccc2C(=NOC)C(=O)NC)cc1. The molecule has 9 heteroatoms. The summed E-state index contributed by atoms with van der Waals surface area (Å²) in [5.74, 6) is 0.423. The van der Waals surface area contributed by atoms with Crippen LogP contribution in [0.3, 0.4) is 0 Å². The number of rotatable bonds is 13. The van der Waals surface area contributed by atoms with Gasteiger partial charge in [-0.3, -0.25) is 4.79 Å². The fraction of sp³-hybridized carbons (Fsp3) is 0.360. The number of carbonyl (C=O) groups is 1. The van der Waals surface area contributed by atoms with Gasteiger partial charge in [0.25, 0.3) is 5.91 Å². The van der Waals surface area contributed by atoms with E-state index in [2.05, 4.69) is 27.7 Å². The molecule has 0 bridgehead atoms. The second-order valence-corrected chi connectivity index (χ2v) is 7.16. The molecule has 0 fully saturated rings. The van der Waals surface area contributed by atoms with Crippen molar-refractivity contribution in [2.45, 2.75) is 33.3 Å². The second kappa shape index (κ2) is 14.3. The van der Waals surface area contributed by atoms with Gasteiger partial charge in [-0.15, -0.1) is 0 Å². The van der Waals surface area contributed by atoms with Gasteiger partial charge in [0.2, 0.25) is 0 Å². The molecule has 2 aromatic carbocycles. The molecule has 9 nitrogen and oxygen atoms in total. The summed E-state index contributed by atoms with van der Waals surface area (Å²) >= 11 is 0. The third-order valence-electron chi connectivity index (χ3n) is 4.74. The van der Waals surface area contributed by atoms with Crippen LogP contribution in [0.4, 0.5) is 0 Å². The Hall–Kier alpha value is -3.88. The maximum atomic E-state index is 12.2. The predicted molar refractivity (Wildman–Crippen MR) is 132 cm³/mol. The van der Waals surface area contributed by atoms with Crippen LogP contribution in [0.15, 0.2) is 64.0 Å². The summed E-state index contributed by atoms with van der Waals surface area (Å²) in [5, 5.41) is 14.7. The van der Waals surface area contributed by atoms with Gasteiger partial charge in [-0.05, 0) is 37.6 Å². The van der Waals surface area contributed by atoms with Gasteiger partial charge in [0.05, 0.1) is 6.61 Å². The van der Waals surface area contributed by atoms with Crippen molar-refractivity contribution in [3.8, 4) is 5.75 Å². The molecule has 1 amide bonds. The van der Waals surface area contributed by atoms with Crippen LogP contribution in [0.1, 0.15) is 43.4 Å². The van der Waals surface area contributed by atoms with Crippen LogP contribution in [0.25, 0.3) is 0 Å². The van der Waals surface area contributed by atoms with E-state index in [0.29, 0.717) is 23.6 Å². The maximum Gasteiger partial charge on any atom is 0.273 e. The normalized spacial score (nSPS) is 12.2. The zero-order valence-electron chi connectivity index (χ0n) is 20.3. The quantitative estimate of drug-likeness (QED) is 0.273. The van der Waals surface area contributed by atoms with Crippen LogP contribution in [-0.4, -0.2) is 50.9 Å². The summed E-state index contributed by atoms with van der Waals surface area (Å²) in [5.41, 5.74) is 3.31. The first-order valence-corrected chi connectivity index (χ1v) is 11.0. The molecule has 0 unspecified atom stereocenters. The number of ether oxygens (including phenoxy) is 1. The molecule has 2 aromatic rings. The molecule has 0 saturated heterocycles. The van der Waals surface area contributed by atoms with Crippen LogP contribution in [0.5, 0.6) is 5.75 Å². The molecule has 0 heterocycles. The van der Waals surface area contributed by atoms with Crippen molar-refractivity contribution >= 4 is 23.0 Å². The minimum absolute atomic E-state index is 0.109. The van der Waals surface area contributed by atoms with Crippen LogP contribution >= 0.6 is 0 Å². The number of carbonyl (C=O) groups excluding carboxylic acids is 1. The van der Waals surface area contributed by atoms with E-state index in [1.165, 1.54) is 21.3 Å². The van der Waals surface area contributed by atoms with Crippen molar-refractivity contribution in [2.24, 2.45) is 15.5 Å². The van der Waals surface area contributed by atoms with E-state index in [4.69, 9.17) is 19.2 Å². The molecule has 0 radical (unpaired) electrons. The molecule has 34 heavy (non-hydrogen) atoms. The van der Waals surface area contributed by atoms with E-state index in [-0.39, 0.29) is 18.2 Å². The molecule has 0 aliphatic rings. The number of hydrogen-bond donors (Lipinski definition) is 1. The lowest BCUT2D eigenvalue weighted by atomic mass is 10.0. The van der Waals surface area contributed by atoms with Gasteiger partial charge in [0, 0.05) is 23.7 Å². The standard InChI is InChI=1S/C25H32N4O5/c1-6-7-16-33-21-14-12-19(13-15-21)23(28-31-4)18(2)27-34-17-20-10-8-9-11-22(20)24(29-32-5)25(30)26-3/h8-15H,6-7,16-17H2,1-5H3,(H,26,30). The first-order valence-electron chi connectivity index (χ1n) is 11.0. The number of nitrogens with zero attached hydrogens (tertiary/aromatic N) is 3. The molecule has 0 aliphatic heterocycles. The fourth-order valence-electron chi connectivity index (χ4n) is 3.00. The van der Waals surface area contributed by atoms with Gasteiger partial charge in [0.15, 0.2) is 5.71 Å². The van der Waals surface area contributed by atoms with Crippen molar-refractivity contribution in [2.75, 3.05) is 27.9 Å². The van der Waals surface area contributed by atoms with Crippen molar-refractivity contribution in [1.29, 1.82) is 0 Å². The smallest absolute Gasteiger partial charge is 0.273 e. The van der Waals surface area contributed by atoms with Gasteiger partial charge < -0.3 is 24.6 Å². The summed E-state index contributed by atoms with van der Waals surface area (Å²) < 4.78 is 5.72. The molecule has 0 atom stereocenters. The lowest BCUT2D eigenvalue weighted by molar-refractivity contribution is -0.114. The average molecular weight is 469 g/mol. The van der Waals surface area contributed by atoms with E-state index < -0.39 is 0 Å². The third-order valence-corrected chi connectivity index (χ3v) is 4.74. The third kappa shape index (κ3) is 7.61. The lowest BCUT2D eigenvalue weighted by Crippen LogP contribution is -2.29. The Kier molecular flexibility index (Phi) is 11.1. The van der Waals surface area contributed by atoms with Gasteiger partial charge in [0.1, 0.15) is 38.0 Å². The highest BCUT2D eigenvalue weighted by molar-refractivity contribution is 6.47. The zero-order valence-corrected chi connectivity index (χ0v) is 20.3. The molecule has 0 spiro atoms. The fourth-order valence-corrected chi connectivity index (χ4v) is 3.00. The highest BCUT2D eigenvalue weighted by atomic mass is 16.6. The number of amides is 1. The first-order chi connectivity index (χ1) is 16.5. The highest BCUT2D eigenvalue weighted by Gasteiger charge is 2.17. The zero-order chi connectivity index (χ0) is 24.8. The first kappa shape index (κ1) is 26.4. The summed E-state index contributed by atoms with van der Waals surface area (Å²) in [4.78, 5) is 27.7. The number of unbranched alkanes of at least 4 members (excludes halogenated alkanes) is 1. The van der Waals surface area contributed by atoms with Gasteiger partial charge in [-0.1, -0.05) is 53.1 Å². The minimum atomic E-state index is -0.370. The Balaban J connectivity index is 2.17. The van der Waals surface area contributed by atoms with Crippen LogP contribution in [0, 0.1) is 0 Å². The van der Waals surface area contributed by atoms with Crippen molar-refractivity contribution < 1.29 is 24.0 Å². The monoisotopic (exact) mass is 468 g/mol. The largest absolute Gasteiger partial charge is 0.494 e. The Morgan fingerprint density at radius 2 is 1.62 bits per heavy atom. The minimum Gasteiger partial charge on any atom is -0.494 e. The van der Waals surface area contributed by atoms with E-state index >= 15 is 0 Å². The molecule has 1 N–H and O–H groups in total. The Morgan fingerprint density at radius 1 is 0.941 bits per heavy atom. The molecule has 182 valence electrons. The molecule has 0 saturated carbocycles. The summed E-state index contributed by atoms with van der Waals surface area (Å²) in [6.07, 6.45) is 2.08. The topological polar surface area (TPSA) is 103 Å². The van der Waals surface area contributed by atoms with Gasteiger partial charge in [-0.2, -0.15) is 0 Å². The molecule has 0 aromatic heterocycles. The lowest BCUT2D eigenvalue weighted by Gasteiger charge is -2.11. The highest BCUT2D eigenvalue weighted by Crippen LogP contribution is 2.16. The van der Waals surface area contributed by atoms with E-state index in [0.717, 1.165) is 29.7 Å². The van der Waals surface area contributed by atoms with E-state index in [1.54, 1.807) is 19.1 Å². The number of likely N-dealkylation sites (N-methyl/N-ethyl adjacent to an activating group) is 1. The number of nitrogens with one attached hydrogen (secondary N) is 1. The van der Waals surface area contributed by atoms with E-state index in [1.807, 2.05) is 36.4 Å². The van der Waals surface area contributed by atoms with Gasteiger partial charge in [-0.25, -0.2) is 0 Å². The Bertz CT molecular complexity index is 1020. The summed E-state index contributed by atoms with van der Waals surface area (Å²) in [6.45, 7) is 4.69. The van der Waals surface area contributed by atoms with Crippen LogP contribution in [0.2, 0.25) is 0 Å². The molecular formula is C25H32N4O5. The average Bonchev–Trinajstić information content (AvgIpc) is 2.86. The molecular weight excluding hydrogens is 436 g/mol. The van der Waals surface area contributed by atoms with Crippen molar-refractivity contribution in [3.05, 3.63) is 65.2 Å². The molecule has 2 rings (SSSR count). The van der Waals surface area contributed by atoms with Crippen LogP contribution < -0.4 is 10.1 Å². The number of hydrogen-bond acceptors (Lipinski definition) is 8. The Morgan fingerprint density at radius 3 is 2.26 bits per heavy atom. The van der Waals surface area contributed by atoms with Crippen LogP contribution in [-0.2, 0) is 25.9 Å².